The number of alkyl halides is 3. The molecule has 7 heteroatoms. The Morgan fingerprint density at radius 3 is 2.20 bits per heavy atom. The second kappa shape index (κ2) is 5.26. The summed E-state index contributed by atoms with van der Waals surface area (Å²) < 4.78 is 41.6. The Balaban J connectivity index is 1.88. The van der Waals surface area contributed by atoms with Crippen molar-refractivity contribution in [3.8, 4) is 0 Å². The Morgan fingerprint density at radius 2 is 1.80 bits per heavy atom. The molecule has 1 amide bonds. The van der Waals surface area contributed by atoms with E-state index in [-0.39, 0.29) is 5.91 Å². The van der Waals surface area contributed by atoms with Gasteiger partial charge in [0.25, 0.3) is 0 Å². The van der Waals surface area contributed by atoms with Crippen molar-refractivity contribution in [1.82, 2.24) is 4.90 Å². The van der Waals surface area contributed by atoms with Gasteiger partial charge in [-0.05, 0) is 31.6 Å². The number of methoxy groups -OCH3 is 1. The molecule has 1 aliphatic heterocycles. The highest BCUT2D eigenvalue weighted by Gasteiger charge is 2.59. The van der Waals surface area contributed by atoms with Crippen molar-refractivity contribution in [3.63, 3.8) is 0 Å². The zero-order chi connectivity index (χ0) is 15.0. The first-order valence-corrected chi connectivity index (χ1v) is 6.73. The molecule has 0 aromatic carbocycles. The van der Waals surface area contributed by atoms with E-state index in [0.29, 0.717) is 38.8 Å². The average molecular weight is 293 g/mol. The molecule has 2 rings (SSSR count). The third kappa shape index (κ3) is 3.07. The van der Waals surface area contributed by atoms with Gasteiger partial charge in [-0.15, -0.1) is 0 Å². The third-order valence-corrected chi connectivity index (χ3v) is 4.16. The lowest BCUT2D eigenvalue weighted by atomic mass is 9.92. The number of hydrogen-bond acceptors (Lipinski definition) is 3. The van der Waals surface area contributed by atoms with Gasteiger partial charge in [0.15, 0.2) is 0 Å². The number of ether oxygens (including phenoxy) is 1. The minimum Gasteiger partial charge on any atom is -0.468 e. The van der Waals surface area contributed by atoms with Crippen LogP contribution >= 0.6 is 0 Å². The number of rotatable bonds is 3. The molecule has 0 spiro atoms. The minimum atomic E-state index is -4.15. The van der Waals surface area contributed by atoms with Crippen LogP contribution in [0, 0.1) is 11.3 Å². The third-order valence-electron chi connectivity index (χ3n) is 4.16. The molecule has 0 aromatic rings. The predicted octanol–water partition coefficient (Wildman–Crippen LogP) is 2.13. The molecule has 1 saturated carbocycles. The number of esters is 1. The maximum atomic E-state index is 12.3. The minimum absolute atomic E-state index is 0.283. The summed E-state index contributed by atoms with van der Waals surface area (Å²) in [6, 6.07) is 0. The summed E-state index contributed by atoms with van der Waals surface area (Å²) >= 11 is 0. The van der Waals surface area contributed by atoms with Gasteiger partial charge in [0, 0.05) is 19.5 Å². The Bertz CT molecular complexity index is 396. The van der Waals surface area contributed by atoms with E-state index >= 15 is 0 Å². The lowest BCUT2D eigenvalue weighted by molar-refractivity contribution is -0.158. The van der Waals surface area contributed by atoms with Crippen LogP contribution in [0.15, 0.2) is 0 Å². The van der Waals surface area contributed by atoms with Gasteiger partial charge < -0.3 is 9.64 Å². The van der Waals surface area contributed by atoms with E-state index in [0.717, 1.165) is 0 Å². The first-order valence-electron chi connectivity index (χ1n) is 6.73. The Morgan fingerprint density at radius 1 is 1.25 bits per heavy atom. The number of carbonyl (C=O) groups excluding carboxylic acids is 2. The number of carbonyl (C=O) groups is 2. The van der Waals surface area contributed by atoms with Gasteiger partial charge in [-0.25, -0.2) is 0 Å². The number of amides is 1. The van der Waals surface area contributed by atoms with Crippen molar-refractivity contribution in [2.75, 3.05) is 20.2 Å². The normalized spacial score (nSPS) is 22.5. The fraction of sp³-hybridized carbons (Fsp3) is 0.846. The van der Waals surface area contributed by atoms with Gasteiger partial charge >= 0.3 is 12.1 Å². The van der Waals surface area contributed by atoms with Gasteiger partial charge in [-0.2, -0.15) is 13.2 Å². The van der Waals surface area contributed by atoms with Crippen molar-refractivity contribution in [2.45, 2.75) is 38.3 Å². The number of hydrogen-bond donors (Lipinski definition) is 0. The van der Waals surface area contributed by atoms with Gasteiger partial charge in [0.2, 0.25) is 5.91 Å². The van der Waals surface area contributed by atoms with Crippen LogP contribution < -0.4 is 0 Å². The largest absolute Gasteiger partial charge is 0.468 e. The van der Waals surface area contributed by atoms with Crippen molar-refractivity contribution >= 4 is 11.9 Å². The van der Waals surface area contributed by atoms with Crippen LogP contribution in [-0.4, -0.2) is 43.2 Å². The zero-order valence-corrected chi connectivity index (χ0v) is 11.3. The smallest absolute Gasteiger partial charge is 0.389 e. The van der Waals surface area contributed by atoms with Crippen molar-refractivity contribution in [3.05, 3.63) is 0 Å². The Hall–Kier alpha value is -1.27. The summed E-state index contributed by atoms with van der Waals surface area (Å²) in [5.41, 5.74) is -1.05. The van der Waals surface area contributed by atoms with E-state index in [1.54, 1.807) is 0 Å². The molecular weight excluding hydrogens is 275 g/mol. The van der Waals surface area contributed by atoms with Crippen molar-refractivity contribution < 1.29 is 27.5 Å². The zero-order valence-electron chi connectivity index (χ0n) is 11.3. The lowest BCUT2D eigenvalue weighted by Crippen LogP contribution is -2.45. The van der Waals surface area contributed by atoms with Gasteiger partial charge in [-0.1, -0.05) is 0 Å². The molecule has 114 valence electrons. The molecule has 2 aliphatic rings. The monoisotopic (exact) mass is 293 g/mol. The molecule has 20 heavy (non-hydrogen) atoms. The molecule has 1 saturated heterocycles. The molecule has 0 radical (unpaired) electrons. The highest BCUT2D eigenvalue weighted by atomic mass is 19.4. The highest BCUT2D eigenvalue weighted by molar-refractivity contribution is 6.05. The number of likely N-dealkylation sites (tertiary alicyclic amines) is 1. The van der Waals surface area contributed by atoms with Crippen LogP contribution in [-0.2, 0) is 14.3 Å². The topological polar surface area (TPSA) is 46.6 Å². The Labute approximate surface area is 115 Å². The number of piperidine rings is 1. The molecular formula is C13H18F3NO3. The fourth-order valence-electron chi connectivity index (χ4n) is 2.80. The second-order valence-electron chi connectivity index (χ2n) is 5.63. The maximum absolute atomic E-state index is 12.3. The van der Waals surface area contributed by atoms with Crippen molar-refractivity contribution in [2.24, 2.45) is 11.3 Å². The summed E-state index contributed by atoms with van der Waals surface area (Å²) in [6.45, 7) is 0.580. The molecule has 0 N–H and O–H groups in total. The van der Waals surface area contributed by atoms with Gasteiger partial charge in [0.1, 0.15) is 5.41 Å². The van der Waals surface area contributed by atoms with E-state index in [1.165, 1.54) is 12.0 Å². The fourth-order valence-corrected chi connectivity index (χ4v) is 2.80. The standard InChI is InChI=1S/C13H18F3NO3/c1-20-11(19)12(4-5-12)10(18)17-6-2-9(3-7-17)8-13(14,15)16/h9H,2-8H2,1H3. The molecule has 0 atom stereocenters. The summed E-state index contributed by atoms with van der Waals surface area (Å²) in [4.78, 5) is 25.4. The molecule has 0 bridgehead atoms. The molecule has 1 heterocycles. The van der Waals surface area contributed by atoms with E-state index < -0.39 is 29.9 Å². The van der Waals surface area contributed by atoms with E-state index in [1.807, 2.05) is 0 Å². The summed E-state index contributed by atoms with van der Waals surface area (Å²) in [7, 11) is 1.24. The molecule has 0 unspecified atom stereocenters. The molecule has 2 fully saturated rings. The quantitative estimate of drug-likeness (QED) is 0.591. The highest BCUT2D eigenvalue weighted by Crippen LogP contribution is 2.48. The summed E-state index contributed by atoms with van der Waals surface area (Å²) in [5, 5.41) is 0. The SMILES string of the molecule is COC(=O)C1(C(=O)N2CCC(CC(F)(F)F)CC2)CC1. The van der Waals surface area contributed by atoms with Gasteiger partial charge in [0.05, 0.1) is 7.11 Å². The van der Waals surface area contributed by atoms with Crippen LogP contribution in [0.3, 0.4) is 0 Å². The number of nitrogens with zero attached hydrogens (tertiary/aromatic N) is 1. The maximum Gasteiger partial charge on any atom is 0.389 e. The van der Waals surface area contributed by atoms with Crippen LogP contribution in [0.5, 0.6) is 0 Å². The second-order valence-corrected chi connectivity index (χ2v) is 5.63. The number of halogens is 3. The van der Waals surface area contributed by atoms with E-state index in [2.05, 4.69) is 4.74 Å². The van der Waals surface area contributed by atoms with Crippen LogP contribution in [0.25, 0.3) is 0 Å². The Kier molecular flexibility index (Phi) is 3.97. The van der Waals surface area contributed by atoms with Crippen LogP contribution in [0.4, 0.5) is 13.2 Å². The summed E-state index contributed by atoms with van der Waals surface area (Å²) in [6.07, 6.45) is -3.33. The predicted molar refractivity (Wildman–Crippen MR) is 63.7 cm³/mol. The van der Waals surface area contributed by atoms with Crippen LogP contribution in [0.1, 0.15) is 32.1 Å². The van der Waals surface area contributed by atoms with Gasteiger partial charge in [-0.3, -0.25) is 9.59 Å². The lowest BCUT2D eigenvalue weighted by Gasteiger charge is -2.34. The summed E-state index contributed by atoms with van der Waals surface area (Å²) in [5.74, 6) is -1.23. The van der Waals surface area contributed by atoms with Crippen molar-refractivity contribution in [1.29, 1.82) is 0 Å². The average Bonchev–Trinajstić information content (AvgIpc) is 3.17. The first kappa shape index (κ1) is 15.1. The van der Waals surface area contributed by atoms with Crippen LogP contribution in [0.2, 0.25) is 0 Å². The molecule has 4 nitrogen and oxygen atoms in total. The van der Waals surface area contributed by atoms with E-state index in [9.17, 15) is 22.8 Å². The van der Waals surface area contributed by atoms with E-state index in [4.69, 9.17) is 0 Å². The molecule has 1 aliphatic carbocycles. The molecule has 0 aromatic heterocycles. The first-order chi connectivity index (χ1) is 9.28.